The molecule has 4 nitrogen and oxygen atoms in total. The van der Waals surface area contributed by atoms with Gasteiger partial charge in [0.2, 0.25) is 0 Å². The first-order chi connectivity index (χ1) is 11.1. The second-order valence-electron chi connectivity index (χ2n) is 6.28. The lowest BCUT2D eigenvalue weighted by Gasteiger charge is -2.36. The van der Waals surface area contributed by atoms with Crippen LogP contribution in [0.3, 0.4) is 0 Å². The molecule has 1 aromatic carbocycles. The lowest BCUT2D eigenvalue weighted by atomic mass is 9.95. The predicted molar refractivity (Wildman–Crippen MR) is 82.2 cm³/mol. The summed E-state index contributed by atoms with van der Waals surface area (Å²) in [4.78, 5) is 16.5. The fraction of sp³-hybridized carbons (Fsp3) is 0.588. The first-order valence-electron chi connectivity index (χ1n) is 8.18. The van der Waals surface area contributed by atoms with Crippen LogP contribution in [0.5, 0.6) is 0 Å². The Morgan fingerprint density at radius 2 is 1.78 bits per heavy atom. The molecule has 126 valence electrons. The Labute approximate surface area is 135 Å². The highest BCUT2D eigenvalue weighted by Gasteiger charge is 2.26. The van der Waals surface area contributed by atoms with E-state index in [1.54, 1.807) is 4.90 Å². The van der Waals surface area contributed by atoms with Crippen molar-refractivity contribution in [3.05, 3.63) is 35.4 Å². The highest BCUT2D eigenvalue weighted by atomic mass is 19.2. The van der Waals surface area contributed by atoms with Gasteiger partial charge in [0.15, 0.2) is 11.6 Å². The average molecular weight is 324 g/mol. The molecule has 0 unspecified atom stereocenters. The zero-order valence-corrected chi connectivity index (χ0v) is 13.1. The first-order valence-corrected chi connectivity index (χ1v) is 8.18. The zero-order chi connectivity index (χ0) is 16.2. The minimum atomic E-state index is -0.974. The number of likely N-dealkylation sites (tertiary alicyclic amines) is 1. The van der Waals surface area contributed by atoms with Crippen molar-refractivity contribution in [2.45, 2.75) is 12.8 Å². The van der Waals surface area contributed by atoms with Crippen LogP contribution < -0.4 is 0 Å². The van der Waals surface area contributed by atoms with Crippen LogP contribution in [0.25, 0.3) is 0 Å². The highest BCUT2D eigenvalue weighted by Crippen LogP contribution is 2.21. The Bertz CT molecular complexity index is 554. The third-order valence-electron chi connectivity index (χ3n) is 4.69. The van der Waals surface area contributed by atoms with E-state index in [0.29, 0.717) is 19.0 Å². The van der Waals surface area contributed by atoms with Gasteiger partial charge in [-0.05, 0) is 37.0 Å². The molecule has 23 heavy (non-hydrogen) atoms. The number of carbonyl (C=O) groups is 1. The van der Waals surface area contributed by atoms with Gasteiger partial charge in [-0.1, -0.05) is 0 Å². The van der Waals surface area contributed by atoms with Crippen molar-refractivity contribution in [1.82, 2.24) is 9.80 Å². The maximum Gasteiger partial charge on any atom is 0.253 e. The summed E-state index contributed by atoms with van der Waals surface area (Å²) in [5, 5.41) is 0. The third kappa shape index (κ3) is 4.06. The number of morpholine rings is 1. The van der Waals surface area contributed by atoms with Crippen LogP contribution in [0.4, 0.5) is 8.78 Å². The predicted octanol–water partition coefficient (Wildman–Crippen LogP) is 2.15. The van der Waals surface area contributed by atoms with E-state index in [2.05, 4.69) is 4.90 Å². The van der Waals surface area contributed by atoms with Crippen LogP contribution in [0, 0.1) is 17.6 Å². The number of rotatable bonds is 3. The molecule has 2 aliphatic rings. The van der Waals surface area contributed by atoms with Gasteiger partial charge in [-0.25, -0.2) is 8.78 Å². The van der Waals surface area contributed by atoms with Gasteiger partial charge in [0, 0.05) is 38.3 Å². The van der Waals surface area contributed by atoms with Gasteiger partial charge in [0.25, 0.3) is 5.91 Å². The first kappa shape index (κ1) is 16.3. The minimum absolute atomic E-state index is 0.214. The SMILES string of the molecule is O=C(c1ccc(F)c(F)c1)N1CCC(CN2CCOCC2)CC1. The quantitative estimate of drug-likeness (QED) is 0.854. The van der Waals surface area contributed by atoms with Gasteiger partial charge < -0.3 is 9.64 Å². The molecule has 0 aromatic heterocycles. The Hall–Kier alpha value is -1.53. The van der Waals surface area contributed by atoms with Crippen molar-refractivity contribution in [1.29, 1.82) is 0 Å². The maximum absolute atomic E-state index is 13.3. The summed E-state index contributed by atoms with van der Waals surface area (Å²) in [5.74, 6) is -1.53. The number of piperidine rings is 1. The largest absolute Gasteiger partial charge is 0.379 e. The highest BCUT2D eigenvalue weighted by molar-refractivity contribution is 5.94. The molecule has 0 aliphatic carbocycles. The van der Waals surface area contributed by atoms with Crippen molar-refractivity contribution >= 4 is 5.91 Å². The minimum Gasteiger partial charge on any atom is -0.379 e. The summed E-state index contributed by atoms with van der Waals surface area (Å²) < 4.78 is 31.6. The summed E-state index contributed by atoms with van der Waals surface area (Å²) in [6.45, 7) is 5.96. The molecule has 0 radical (unpaired) electrons. The van der Waals surface area contributed by atoms with Gasteiger partial charge in [0.1, 0.15) is 0 Å². The van der Waals surface area contributed by atoms with Crippen molar-refractivity contribution in [2.75, 3.05) is 45.9 Å². The monoisotopic (exact) mass is 324 g/mol. The Morgan fingerprint density at radius 1 is 1.09 bits per heavy atom. The van der Waals surface area contributed by atoms with Gasteiger partial charge in [-0.15, -0.1) is 0 Å². The standard InChI is InChI=1S/C17H22F2N2O2/c18-15-2-1-14(11-16(15)19)17(22)21-5-3-13(4-6-21)12-20-7-9-23-10-8-20/h1-2,11,13H,3-10,12H2. The van der Waals surface area contributed by atoms with E-state index in [-0.39, 0.29) is 11.5 Å². The van der Waals surface area contributed by atoms with Crippen LogP contribution in [0.2, 0.25) is 0 Å². The summed E-state index contributed by atoms with van der Waals surface area (Å²) in [7, 11) is 0. The second kappa shape index (κ2) is 7.36. The molecule has 0 saturated carbocycles. The lowest BCUT2D eigenvalue weighted by molar-refractivity contribution is 0.0243. The smallest absolute Gasteiger partial charge is 0.253 e. The maximum atomic E-state index is 13.3. The Morgan fingerprint density at radius 3 is 2.43 bits per heavy atom. The summed E-state index contributed by atoms with van der Waals surface area (Å²) in [6.07, 6.45) is 1.90. The van der Waals surface area contributed by atoms with Crippen LogP contribution in [0.15, 0.2) is 18.2 Å². The van der Waals surface area contributed by atoms with Crippen LogP contribution in [-0.2, 0) is 4.74 Å². The summed E-state index contributed by atoms with van der Waals surface area (Å²) >= 11 is 0. The van der Waals surface area contributed by atoms with Crippen molar-refractivity contribution in [3.63, 3.8) is 0 Å². The van der Waals surface area contributed by atoms with Crippen molar-refractivity contribution in [3.8, 4) is 0 Å². The number of benzene rings is 1. The molecule has 2 fully saturated rings. The van der Waals surface area contributed by atoms with Crippen LogP contribution >= 0.6 is 0 Å². The summed E-state index contributed by atoms with van der Waals surface area (Å²) in [5.41, 5.74) is 0.218. The number of hydrogen-bond acceptors (Lipinski definition) is 3. The Balaban J connectivity index is 1.51. The van der Waals surface area contributed by atoms with E-state index in [9.17, 15) is 13.6 Å². The molecular formula is C17H22F2N2O2. The summed E-state index contributed by atoms with van der Waals surface area (Å²) in [6, 6.07) is 3.34. The van der Waals surface area contributed by atoms with E-state index in [1.807, 2.05) is 0 Å². The molecule has 3 rings (SSSR count). The normalized spacial score (nSPS) is 20.7. The number of ether oxygens (including phenoxy) is 1. The van der Waals surface area contributed by atoms with E-state index in [4.69, 9.17) is 4.74 Å². The van der Waals surface area contributed by atoms with E-state index in [1.165, 1.54) is 6.07 Å². The second-order valence-corrected chi connectivity index (χ2v) is 6.28. The third-order valence-corrected chi connectivity index (χ3v) is 4.69. The molecule has 2 aliphatic heterocycles. The molecule has 2 heterocycles. The van der Waals surface area contributed by atoms with Crippen molar-refractivity contribution in [2.24, 2.45) is 5.92 Å². The molecule has 0 spiro atoms. The number of carbonyl (C=O) groups excluding carboxylic acids is 1. The van der Waals surface area contributed by atoms with Gasteiger partial charge >= 0.3 is 0 Å². The van der Waals surface area contributed by atoms with Gasteiger partial charge in [0.05, 0.1) is 13.2 Å². The number of amides is 1. The molecule has 1 aromatic rings. The number of hydrogen-bond donors (Lipinski definition) is 0. The van der Waals surface area contributed by atoms with Crippen LogP contribution in [0.1, 0.15) is 23.2 Å². The molecule has 0 bridgehead atoms. The number of nitrogens with zero attached hydrogens (tertiary/aromatic N) is 2. The van der Waals surface area contributed by atoms with Crippen molar-refractivity contribution < 1.29 is 18.3 Å². The van der Waals surface area contributed by atoms with Gasteiger partial charge in [-0.2, -0.15) is 0 Å². The average Bonchev–Trinajstić information content (AvgIpc) is 2.58. The zero-order valence-electron chi connectivity index (χ0n) is 13.1. The lowest BCUT2D eigenvalue weighted by Crippen LogP contribution is -2.44. The Kier molecular flexibility index (Phi) is 5.23. The molecule has 2 saturated heterocycles. The molecule has 1 amide bonds. The van der Waals surface area contributed by atoms with E-state index in [0.717, 1.165) is 57.8 Å². The molecular weight excluding hydrogens is 302 g/mol. The van der Waals surface area contributed by atoms with Crippen LogP contribution in [-0.4, -0.2) is 61.6 Å². The molecule has 6 heteroatoms. The topological polar surface area (TPSA) is 32.8 Å². The fourth-order valence-electron chi connectivity index (χ4n) is 3.28. The van der Waals surface area contributed by atoms with E-state index < -0.39 is 11.6 Å². The molecule has 0 N–H and O–H groups in total. The molecule has 0 atom stereocenters. The fourth-order valence-corrected chi connectivity index (χ4v) is 3.28. The number of halogens is 2. The van der Waals surface area contributed by atoms with Gasteiger partial charge in [-0.3, -0.25) is 9.69 Å². The van der Waals surface area contributed by atoms with E-state index >= 15 is 0 Å².